The Hall–Kier alpha value is -0.190. The van der Waals surface area contributed by atoms with Gasteiger partial charge in [0.25, 0.3) is 0 Å². The molecule has 0 amide bonds. The zero-order chi connectivity index (χ0) is 7.84. The van der Waals surface area contributed by atoms with Crippen LogP contribution < -0.4 is 16.6 Å². The van der Waals surface area contributed by atoms with Crippen LogP contribution in [0.2, 0.25) is 0 Å². The molecule has 0 radical (unpaired) electrons. The summed E-state index contributed by atoms with van der Waals surface area (Å²) in [5.74, 6) is 0.291. The van der Waals surface area contributed by atoms with Crippen LogP contribution in [0, 0.1) is 5.92 Å². The van der Waals surface area contributed by atoms with Crippen LogP contribution in [-0.2, 0) is 0 Å². The standard InChI is InChI=1S/C7H14FN3/c8-4-1-2-6-5(3-4)7(9)11-10-6/h4-7,10-11H,1-3,9H2. The van der Waals surface area contributed by atoms with Crippen molar-refractivity contribution >= 4 is 0 Å². The van der Waals surface area contributed by atoms with Gasteiger partial charge in [0.15, 0.2) is 0 Å². The molecule has 4 N–H and O–H groups in total. The maximum absolute atomic E-state index is 12.9. The summed E-state index contributed by atoms with van der Waals surface area (Å²) in [4.78, 5) is 0. The number of halogens is 1. The number of hydrogen-bond donors (Lipinski definition) is 3. The third kappa shape index (κ3) is 1.26. The van der Waals surface area contributed by atoms with Gasteiger partial charge in [-0.15, -0.1) is 0 Å². The molecule has 1 heterocycles. The van der Waals surface area contributed by atoms with Crippen molar-refractivity contribution in [3.05, 3.63) is 0 Å². The molecule has 0 spiro atoms. The van der Waals surface area contributed by atoms with E-state index in [1.807, 2.05) is 0 Å². The third-order valence-electron chi connectivity index (χ3n) is 2.73. The molecule has 1 saturated carbocycles. The third-order valence-corrected chi connectivity index (χ3v) is 2.73. The Bertz CT molecular complexity index is 153. The Morgan fingerprint density at radius 2 is 2.09 bits per heavy atom. The summed E-state index contributed by atoms with van der Waals surface area (Å²) in [6.07, 6.45) is 1.52. The Morgan fingerprint density at radius 3 is 2.91 bits per heavy atom. The number of fused-ring (bicyclic) bond motifs is 1. The summed E-state index contributed by atoms with van der Waals surface area (Å²) in [5.41, 5.74) is 11.7. The number of rotatable bonds is 0. The van der Waals surface area contributed by atoms with Crippen LogP contribution in [0.25, 0.3) is 0 Å². The van der Waals surface area contributed by atoms with Gasteiger partial charge in [0, 0.05) is 12.0 Å². The number of alkyl halides is 1. The van der Waals surface area contributed by atoms with Crippen LogP contribution in [0.1, 0.15) is 19.3 Å². The van der Waals surface area contributed by atoms with E-state index < -0.39 is 6.17 Å². The van der Waals surface area contributed by atoms with Crippen molar-refractivity contribution in [1.29, 1.82) is 0 Å². The lowest BCUT2D eigenvalue weighted by molar-refractivity contribution is 0.178. The van der Waals surface area contributed by atoms with E-state index in [-0.39, 0.29) is 6.17 Å². The van der Waals surface area contributed by atoms with Crippen LogP contribution in [0.3, 0.4) is 0 Å². The second-order valence-corrected chi connectivity index (χ2v) is 3.50. The summed E-state index contributed by atoms with van der Waals surface area (Å²) in [6.45, 7) is 0. The van der Waals surface area contributed by atoms with E-state index in [2.05, 4.69) is 10.9 Å². The first-order valence-corrected chi connectivity index (χ1v) is 4.18. The van der Waals surface area contributed by atoms with Crippen molar-refractivity contribution in [2.45, 2.75) is 37.6 Å². The number of hydrogen-bond acceptors (Lipinski definition) is 3. The van der Waals surface area contributed by atoms with Gasteiger partial charge >= 0.3 is 0 Å². The predicted molar refractivity (Wildman–Crippen MR) is 40.3 cm³/mol. The van der Waals surface area contributed by atoms with E-state index in [1.165, 1.54) is 0 Å². The van der Waals surface area contributed by atoms with Crippen LogP contribution >= 0.6 is 0 Å². The molecule has 0 aromatic rings. The summed E-state index contributed by atoms with van der Waals surface area (Å²) in [5, 5.41) is 0. The fraction of sp³-hybridized carbons (Fsp3) is 1.00. The van der Waals surface area contributed by atoms with Crippen molar-refractivity contribution in [2.75, 3.05) is 0 Å². The molecule has 0 aromatic heterocycles. The molecule has 2 fully saturated rings. The Labute approximate surface area is 65.5 Å². The highest BCUT2D eigenvalue weighted by molar-refractivity contribution is 4.92. The zero-order valence-corrected chi connectivity index (χ0v) is 6.39. The average Bonchev–Trinajstić information content (AvgIpc) is 2.33. The molecule has 3 nitrogen and oxygen atoms in total. The molecule has 1 aliphatic heterocycles. The van der Waals surface area contributed by atoms with E-state index in [0.717, 1.165) is 6.42 Å². The monoisotopic (exact) mass is 159 g/mol. The first-order chi connectivity index (χ1) is 5.27. The Morgan fingerprint density at radius 1 is 1.27 bits per heavy atom. The van der Waals surface area contributed by atoms with Gasteiger partial charge in [-0.05, 0) is 19.3 Å². The van der Waals surface area contributed by atoms with Crippen LogP contribution in [0.15, 0.2) is 0 Å². The van der Waals surface area contributed by atoms with E-state index in [4.69, 9.17) is 5.73 Å². The molecule has 1 aliphatic carbocycles. The maximum atomic E-state index is 12.9. The van der Waals surface area contributed by atoms with Gasteiger partial charge < -0.3 is 5.73 Å². The van der Waals surface area contributed by atoms with Gasteiger partial charge in [0.05, 0.1) is 6.17 Å². The minimum atomic E-state index is -0.635. The summed E-state index contributed by atoms with van der Waals surface area (Å²) in [7, 11) is 0. The Kier molecular flexibility index (Phi) is 1.83. The summed E-state index contributed by atoms with van der Waals surface area (Å²) < 4.78 is 12.9. The van der Waals surface area contributed by atoms with Gasteiger partial charge in [-0.1, -0.05) is 0 Å². The van der Waals surface area contributed by atoms with E-state index >= 15 is 0 Å². The molecule has 4 heteroatoms. The van der Waals surface area contributed by atoms with E-state index in [0.29, 0.717) is 24.8 Å². The van der Waals surface area contributed by atoms with Crippen molar-refractivity contribution in [2.24, 2.45) is 11.7 Å². The lowest BCUT2D eigenvalue weighted by Crippen LogP contribution is -2.40. The molecular weight excluding hydrogens is 145 g/mol. The van der Waals surface area contributed by atoms with Gasteiger partial charge in [0.2, 0.25) is 0 Å². The molecular formula is C7H14FN3. The lowest BCUT2D eigenvalue weighted by Gasteiger charge is -2.27. The number of hydrazine groups is 1. The normalized spacial score (nSPS) is 50.7. The molecule has 1 saturated heterocycles. The number of nitrogens with one attached hydrogen (secondary N) is 2. The van der Waals surface area contributed by atoms with Crippen molar-refractivity contribution < 1.29 is 4.39 Å². The minimum absolute atomic E-state index is 0.0569. The molecule has 2 aliphatic rings. The van der Waals surface area contributed by atoms with Crippen molar-refractivity contribution in [1.82, 2.24) is 10.9 Å². The minimum Gasteiger partial charge on any atom is -0.315 e. The van der Waals surface area contributed by atoms with E-state index in [1.54, 1.807) is 0 Å². The van der Waals surface area contributed by atoms with Crippen LogP contribution in [0.5, 0.6) is 0 Å². The van der Waals surface area contributed by atoms with Gasteiger partial charge in [-0.3, -0.25) is 5.43 Å². The highest BCUT2D eigenvalue weighted by atomic mass is 19.1. The largest absolute Gasteiger partial charge is 0.315 e. The smallest absolute Gasteiger partial charge is 0.101 e. The number of nitrogens with two attached hydrogens (primary N) is 1. The molecule has 0 aromatic carbocycles. The van der Waals surface area contributed by atoms with Crippen LogP contribution in [-0.4, -0.2) is 18.4 Å². The van der Waals surface area contributed by atoms with Crippen molar-refractivity contribution in [3.63, 3.8) is 0 Å². The fourth-order valence-corrected chi connectivity index (χ4v) is 2.04. The quantitative estimate of drug-likeness (QED) is 0.462. The van der Waals surface area contributed by atoms with Gasteiger partial charge in [-0.25, -0.2) is 9.82 Å². The van der Waals surface area contributed by atoms with Gasteiger partial charge in [-0.2, -0.15) is 0 Å². The lowest BCUT2D eigenvalue weighted by atomic mass is 9.83. The first-order valence-electron chi connectivity index (χ1n) is 4.18. The topological polar surface area (TPSA) is 50.1 Å². The van der Waals surface area contributed by atoms with Crippen LogP contribution in [0.4, 0.5) is 4.39 Å². The fourth-order valence-electron chi connectivity index (χ4n) is 2.04. The maximum Gasteiger partial charge on any atom is 0.101 e. The Balaban J connectivity index is 2.01. The summed E-state index contributed by atoms with van der Waals surface area (Å²) >= 11 is 0. The predicted octanol–water partition coefficient (Wildman–Crippen LogP) is -0.114. The highest BCUT2D eigenvalue weighted by Gasteiger charge is 2.38. The van der Waals surface area contributed by atoms with E-state index in [9.17, 15) is 4.39 Å². The first kappa shape index (κ1) is 7.46. The van der Waals surface area contributed by atoms with Gasteiger partial charge in [0.1, 0.15) is 6.17 Å². The summed E-state index contributed by atoms with van der Waals surface area (Å²) in [6, 6.07) is 0.400. The molecule has 4 atom stereocenters. The zero-order valence-electron chi connectivity index (χ0n) is 6.39. The second kappa shape index (κ2) is 2.69. The molecule has 0 bridgehead atoms. The molecule has 11 heavy (non-hydrogen) atoms. The van der Waals surface area contributed by atoms with Crippen molar-refractivity contribution in [3.8, 4) is 0 Å². The second-order valence-electron chi connectivity index (χ2n) is 3.50. The SMILES string of the molecule is NC1NNC2CCC(F)CC12. The molecule has 64 valence electrons. The molecule has 2 rings (SSSR count). The highest BCUT2D eigenvalue weighted by Crippen LogP contribution is 2.30. The molecule has 4 unspecified atom stereocenters. The average molecular weight is 159 g/mol.